The van der Waals surface area contributed by atoms with Gasteiger partial charge in [-0.3, -0.25) is 4.90 Å². The van der Waals surface area contributed by atoms with Gasteiger partial charge in [-0.05, 0) is 66.5 Å². The number of nitriles is 1. The van der Waals surface area contributed by atoms with E-state index in [0.717, 1.165) is 25.9 Å². The summed E-state index contributed by atoms with van der Waals surface area (Å²) >= 11 is 0. The fraction of sp³-hybridized carbons (Fsp3) is 0.938. The number of piperidine rings is 1. The van der Waals surface area contributed by atoms with E-state index in [2.05, 4.69) is 30.1 Å². The van der Waals surface area contributed by atoms with Crippen molar-refractivity contribution in [3.05, 3.63) is 0 Å². The number of hydrogen-bond donors (Lipinski definition) is 1. The molecule has 0 spiro atoms. The van der Waals surface area contributed by atoms with Crippen LogP contribution in [-0.4, -0.2) is 36.6 Å². The minimum absolute atomic E-state index is 0.175. The molecule has 1 aliphatic heterocycles. The summed E-state index contributed by atoms with van der Waals surface area (Å²) in [6, 6.07) is 3.65. The minimum Gasteiger partial charge on any atom is -0.313 e. The van der Waals surface area contributed by atoms with Crippen LogP contribution in [0.1, 0.15) is 59.8 Å². The van der Waals surface area contributed by atoms with Gasteiger partial charge in [0.15, 0.2) is 0 Å². The van der Waals surface area contributed by atoms with Gasteiger partial charge in [-0.25, -0.2) is 0 Å². The van der Waals surface area contributed by atoms with Gasteiger partial charge in [0.2, 0.25) is 0 Å². The first-order valence-corrected chi connectivity index (χ1v) is 7.83. The van der Waals surface area contributed by atoms with Crippen LogP contribution in [-0.2, 0) is 0 Å². The van der Waals surface area contributed by atoms with E-state index in [-0.39, 0.29) is 5.41 Å². The van der Waals surface area contributed by atoms with Gasteiger partial charge in [0, 0.05) is 18.6 Å². The summed E-state index contributed by atoms with van der Waals surface area (Å²) in [6.07, 6.45) is 6.11. The van der Waals surface area contributed by atoms with Crippen molar-refractivity contribution in [3.63, 3.8) is 0 Å². The maximum absolute atomic E-state index is 9.06. The third kappa shape index (κ3) is 6.40. The van der Waals surface area contributed by atoms with Gasteiger partial charge in [0.25, 0.3) is 0 Å². The molecule has 3 heteroatoms. The third-order valence-electron chi connectivity index (χ3n) is 4.15. The van der Waals surface area contributed by atoms with Crippen LogP contribution in [0.2, 0.25) is 0 Å². The summed E-state index contributed by atoms with van der Waals surface area (Å²) in [7, 11) is 0. The molecule has 0 bridgehead atoms. The second-order valence-electron chi connectivity index (χ2n) is 6.83. The first-order chi connectivity index (χ1) is 8.94. The normalized spacial score (nSPS) is 20.8. The molecular formula is C16H31N3. The van der Waals surface area contributed by atoms with Crippen molar-refractivity contribution in [1.82, 2.24) is 10.2 Å². The monoisotopic (exact) mass is 265 g/mol. The van der Waals surface area contributed by atoms with Gasteiger partial charge in [0.05, 0.1) is 11.5 Å². The molecular weight excluding hydrogens is 234 g/mol. The summed E-state index contributed by atoms with van der Waals surface area (Å²) in [5, 5.41) is 12.7. The highest BCUT2D eigenvalue weighted by atomic mass is 15.2. The van der Waals surface area contributed by atoms with Crippen LogP contribution in [0.15, 0.2) is 0 Å². The SMILES string of the molecule is CC(C)N(CCCC(C)(C)C#N)CC1CCCCN1. The lowest BCUT2D eigenvalue weighted by atomic mass is 9.89. The predicted octanol–water partition coefficient (Wildman–Crippen LogP) is 3.17. The second-order valence-corrected chi connectivity index (χ2v) is 6.83. The van der Waals surface area contributed by atoms with E-state index in [4.69, 9.17) is 5.26 Å². The summed E-state index contributed by atoms with van der Waals surface area (Å²) in [4.78, 5) is 2.57. The first kappa shape index (κ1) is 16.5. The Morgan fingerprint density at radius 3 is 2.63 bits per heavy atom. The van der Waals surface area contributed by atoms with Crippen molar-refractivity contribution in [3.8, 4) is 6.07 Å². The zero-order chi connectivity index (χ0) is 14.3. The van der Waals surface area contributed by atoms with E-state index in [0.29, 0.717) is 12.1 Å². The van der Waals surface area contributed by atoms with Crippen molar-refractivity contribution >= 4 is 0 Å². The number of hydrogen-bond acceptors (Lipinski definition) is 3. The largest absolute Gasteiger partial charge is 0.313 e. The van der Waals surface area contributed by atoms with Crippen molar-refractivity contribution in [2.24, 2.45) is 5.41 Å². The molecule has 110 valence electrons. The van der Waals surface area contributed by atoms with Crippen molar-refractivity contribution in [2.75, 3.05) is 19.6 Å². The van der Waals surface area contributed by atoms with E-state index in [1.165, 1.54) is 25.8 Å². The third-order valence-corrected chi connectivity index (χ3v) is 4.15. The fourth-order valence-electron chi connectivity index (χ4n) is 2.70. The summed E-state index contributed by atoms with van der Waals surface area (Å²) < 4.78 is 0. The van der Waals surface area contributed by atoms with Gasteiger partial charge >= 0.3 is 0 Å². The maximum Gasteiger partial charge on any atom is 0.0683 e. The Kier molecular flexibility index (Phi) is 6.82. The highest BCUT2D eigenvalue weighted by Gasteiger charge is 2.20. The van der Waals surface area contributed by atoms with Crippen molar-refractivity contribution in [2.45, 2.75) is 71.9 Å². The van der Waals surface area contributed by atoms with E-state index in [1.807, 2.05) is 13.8 Å². The van der Waals surface area contributed by atoms with Crippen LogP contribution >= 0.6 is 0 Å². The van der Waals surface area contributed by atoms with Crippen LogP contribution < -0.4 is 5.32 Å². The molecule has 19 heavy (non-hydrogen) atoms. The zero-order valence-corrected chi connectivity index (χ0v) is 13.2. The molecule has 1 fully saturated rings. The summed E-state index contributed by atoms with van der Waals surface area (Å²) in [5.74, 6) is 0. The number of rotatable bonds is 7. The quantitative estimate of drug-likeness (QED) is 0.768. The molecule has 1 atom stereocenters. The molecule has 1 rings (SSSR count). The number of nitrogens with zero attached hydrogens (tertiary/aromatic N) is 2. The van der Waals surface area contributed by atoms with Gasteiger partial charge in [0.1, 0.15) is 0 Å². The number of nitrogens with one attached hydrogen (secondary N) is 1. The molecule has 1 N–H and O–H groups in total. The average Bonchev–Trinajstić information content (AvgIpc) is 2.38. The molecule has 0 aliphatic carbocycles. The lowest BCUT2D eigenvalue weighted by molar-refractivity contribution is 0.177. The van der Waals surface area contributed by atoms with E-state index < -0.39 is 0 Å². The van der Waals surface area contributed by atoms with Crippen LogP contribution in [0.3, 0.4) is 0 Å². The molecule has 3 nitrogen and oxygen atoms in total. The Labute approximate surface area is 119 Å². The van der Waals surface area contributed by atoms with Gasteiger partial charge in [-0.15, -0.1) is 0 Å². The van der Waals surface area contributed by atoms with Gasteiger partial charge in [-0.1, -0.05) is 6.42 Å². The van der Waals surface area contributed by atoms with E-state index in [9.17, 15) is 0 Å². The molecule has 0 aromatic carbocycles. The zero-order valence-electron chi connectivity index (χ0n) is 13.2. The Hall–Kier alpha value is -0.590. The Morgan fingerprint density at radius 2 is 2.11 bits per heavy atom. The first-order valence-electron chi connectivity index (χ1n) is 7.83. The maximum atomic E-state index is 9.06. The molecule has 1 aliphatic rings. The van der Waals surface area contributed by atoms with Crippen molar-refractivity contribution in [1.29, 1.82) is 5.26 Å². The molecule has 1 heterocycles. The molecule has 0 saturated carbocycles. The van der Waals surface area contributed by atoms with Crippen LogP contribution in [0.25, 0.3) is 0 Å². The Bertz CT molecular complexity index is 285. The Balaban J connectivity index is 2.34. The molecule has 0 aromatic heterocycles. The molecule has 0 amide bonds. The minimum atomic E-state index is -0.175. The molecule has 0 radical (unpaired) electrons. The second kappa shape index (κ2) is 7.87. The van der Waals surface area contributed by atoms with Crippen LogP contribution in [0.5, 0.6) is 0 Å². The summed E-state index contributed by atoms with van der Waals surface area (Å²) in [6.45, 7) is 12.1. The lowest BCUT2D eigenvalue weighted by Gasteiger charge is -2.33. The Morgan fingerprint density at radius 1 is 1.37 bits per heavy atom. The van der Waals surface area contributed by atoms with E-state index >= 15 is 0 Å². The lowest BCUT2D eigenvalue weighted by Crippen LogP contribution is -2.46. The summed E-state index contributed by atoms with van der Waals surface area (Å²) in [5.41, 5.74) is -0.175. The highest BCUT2D eigenvalue weighted by molar-refractivity contribution is 4.91. The molecule has 1 saturated heterocycles. The van der Waals surface area contributed by atoms with Crippen LogP contribution in [0, 0.1) is 16.7 Å². The van der Waals surface area contributed by atoms with Crippen molar-refractivity contribution < 1.29 is 0 Å². The van der Waals surface area contributed by atoms with Crippen LogP contribution in [0.4, 0.5) is 0 Å². The topological polar surface area (TPSA) is 39.1 Å². The molecule has 1 unspecified atom stereocenters. The average molecular weight is 265 g/mol. The highest BCUT2D eigenvalue weighted by Crippen LogP contribution is 2.21. The smallest absolute Gasteiger partial charge is 0.0683 e. The van der Waals surface area contributed by atoms with Gasteiger partial charge in [-0.2, -0.15) is 5.26 Å². The van der Waals surface area contributed by atoms with Gasteiger partial charge < -0.3 is 5.32 Å². The molecule has 0 aromatic rings. The predicted molar refractivity (Wildman–Crippen MR) is 81.0 cm³/mol. The standard InChI is InChI=1S/C16H31N3/c1-14(2)19(11-7-9-16(3,4)13-17)12-15-8-5-6-10-18-15/h14-15,18H,5-12H2,1-4H3. The fourth-order valence-corrected chi connectivity index (χ4v) is 2.70. The van der Waals surface area contributed by atoms with E-state index in [1.54, 1.807) is 0 Å².